The van der Waals surface area contributed by atoms with Crippen LogP contribution in [-0.4, -0.2) is 31.9 Å². The van der Waals surface area contributed by atoms with Crippen LogP contribution in [0.25, 0.3) is 0 Å². The number of anilines is 1. The average molecular weight is 438 g/mol. The fourth-order valence-corrected chi connectivity index (χ4v) is 3.27. The summed E-state index contributed by atoms with van der Waals surface area (Å²) in [7, 11) is 2.42. The Morgan fingerprint density at radius 2 is 1.52 bits per heavy atom. The van der Waals surface area contributed by atoms with E-state index >= 15 is 0 Å². The zero-order valence-corrected chi connectivity index (χ0v) is 18.0. The summed E-state index contributed by atoms with van der Waals surface area (Å²) in [5.41, 5.74) is 2.18. The summed E-state index contributed by atoms with van der Waals surface area (Å²) in [5, 5.41) is 0.276. The molecule has 0 unspecified atom stereocenters. The molecule has 1 heterocycles. The van der Waals surface area contributed by atoms with Crippen molar-refractivity contribution in [2.45, 2.75) is 6.92 Å². The van der Waals surface area contributed by atoms with E-state index in [0.717, 1.165) is 5.56 Å². The van der Waals surface area contributed by atoms with Gasteiger partial charge in [-0.3, -0.25) is 4.79 Å². The standard InChI is InChI=1S/C24H20ClNO5/c1-15-7-9-16(10-8-15)22(27)17-11-12-19(25)20(14-17)26-13-5-4-6-18(23(28)30-2)21(26)24(29)31-3/h4-14H,1-3H3. The monoisotopic (exact) mass is 437 g/mol. The third-order valence-electron chi connectivity index (χ3n) is 4.67. The second-order valence-corrected chi connectivity index (χ2v) is 7.08. The molecule has 1 aliphatic heterocycles. The Hall–Kier alpha value is -3.64. The van der Waals surface area contributed by atoms with Gasteiger partial charge in [0.15, 0.2) is 5.78 Å². The highest BCUT2D eigenvalue weighted by Gasteiger charge is 2.29. The lowest BCUT2D eigenvalue weighted by Crippen LogP contribution is -2.27. The van der Waals surface area contributed by atoms with Gasteiger partial charge in [-0.05, 0) is 37.3 Å². The van der Waals surface area contributed by atoms with E-state index in [1.54, 1.807) is 48.7 Å². The average Bonchev–Trinajstić information content (AvgIpc) is 3.01. The minimum absolute atomic E-state index is 0.00863. The Balaban J connectivity index is 2.14. The normalized spacial score (nSPS) is 13.1. The SMILES string of the molecule is COC(=O)C1=C(C(=O)OC)N(c2cc(C(=O)c3ccc(C)cc3)ccc2Cl)C=CC=C1. The number of esters is 2. The van der Waals surface area contributed by atoms with Crippen molar-refractivity contribution in [1.82, 2.24) is 0 Å². The van der Waals surface area contributed by atoms with Crippen molar-refractivity contribution in [3.8, 4) is 0 Å². The molecule has 7 heteroatoms. The number of rotatable bonds is 5. The van der Waals surface area contributed by atoms with Crippen LogP contribution in [0.2, 0.25) is 5.02 Å². The Morgan fingerprint density at radius 3 is 2.16 bits per heavy atom. The summed E-state index contributed by atoms with van der Waals surface area (Å²) in [4.78, 5) is 39.3. The number of hydrogen-bond donors (Lipinski definition) is 0. The highest BCUT2D eigenvalue weighted by molar-refractivity contribution is 6.34. The molecular weight excluding hydrogens is 418 g/mol. The maximum absolute atomic E-state index is 13.0. The van der Waals surface area contributed by atoms with E-state index in [4.69, 9.17) is 21.1 Å². The van der Waals surface area contributed by atoms with E-state index in [9.17, 15) is 14.4 Å². The molecule has 2 aromatic rings. The molecule has 0 atom stereocenters. The van der Waals surface area contributed by atoms with E-state index in [-0.39, 0.29) is 22.1 Å². The summed E-state index contributed by atoms with van der Waals surface area (Å²) >= 11 is 6.43. The lowest BCUT2D eigenvalue weighted by Gasteiger charge is -2.24. The number of ether oxygens (including phenoxy) is 2. The zero-order chi connectivity index (χ0) is 22.5. The number of methoxy groups -OCH3 is 2. The smallest absolute Gasteiger partial charge is 0.355 e. The number of benzene rings is 2. The lowest BCUT2D eigenvalue weighted by molar-refractivity contribution is -0.139. The molecule has 0 aliphatic carbocycles. The van der Waals surface area contributed by atoms with Crippen LogP contribution in [0, 0.1) is 6.92 Å². The predicted octanol–water partition coefficient (Wildman–Crippen LogP) is 4.37. The van der Waals surface area contributed by atoms with Crippen LogP contribution >= 0.6 is 11.6 Å². The van der Waals surface area contributed by atoms with Gasteiger partial charge in [0.1, 0.15) is 5.70 Å². The summed E-state index contributed by atoms with van der Waals surface area (Å²) in [6, 6.07) is 11.9. The first kappa shape index (κ1) is 22.1. The number of aryl methyl sites for hydroxylation is 1. The Labute approximate surface area is 185 Å². The molecule has 0 amide bonds. The van der Waals surface area contributed by atoms with Crippen molar-refractivity contribution in [2.24, 2.45) is 0 Å². The van der Waals surface area contributed by atoms with Crippen LogP contribution in [0.15, 0.2) is 78.2 Å². The van der Waals surface area contributed by atoms with Crippen molar-refractivity contribution < 1.29 is 23.9 Å². The van der Waals surface area contributed by atoms with E-state index in [1.165, 1.54) is 25.2 Å². The van der Waals surface area contributed by atoms with E-state index in [2.05, 4.69) is 0 Å². The number of hydrogen-bond acceptors (Lipinski definition) is 6. The van der Waals surface area contributed by atoms with Crippen molar-refractivity contribution in [3.05, 3.63) is 99.9 Å². The molecule has 3 rings (SSSR count). The maximum Gasteiger partial charge on any atom is 0.355 e. The molecule has 158 valence electrons. The summed E-state index contributed by atoms with van der Waals surface area (Å²) in [6.45, 7) is 1.94. The summed E-state index contributed by atoms with van der Waals surface area (Å²) < 4.78 is 9.71. The van der Waals surface area contributed by atoms with Crippen molar-refractivity contribution in [3.63, 3.8) is 0 Å². The number of halogens is 1. The lowest BCUT2D eigenvalue weighted by atomic mass is 10.0. The molecule has 0 saturated carbocycles. The quantitative estimate of drug-likeness (QED) is 0.511. The van der Waals surface area contributed by atoms with E-state index < -0.39 is 11.9 Å². The molecule has 0 spiro atoms. The molecule has 2 aromatic carbocycles. The highest BCUT2D eigenvalue weighted by Crippen LogP contribution is 2.33. The fourth-order valence-electron chi connectivity index (χ4n) is 3.06. The van der Waals surface area contributed by atoms with Crippen LogP contribution in [0.1, 0.15) is 21.5 Å². The first-order valence-electron chi connectivity index (χ1n) is 9.33. The largest absolute Gasteiger partial charge is 0.465 e. The molecule has 0 fully saturated rings. The van der Waals surface area contributed by atoms with Gasteiger partial charge in [-0.1, -0.05) is 47.5 Å². The minimum atomic E-state index is -0.761. The maximum atomic E-state index is 13.0. The molecule has 0 aromatic heterocycles. The first-order chi connectivity index (χ1) is 14.9. The van der Waals surface area contributed by atoms with Gasteiger partial charge in [0.05, 0.1) is 30.5 Å². The Kier molecular flexibility index (Phi) is 6.72. The van der Waals surface area contributed by atoms with Gasteiger partial charge in [-0.15, -0.1) is 0 Å². The third kappa shape index (κ3) is 4.59. The number of ketones is 1. The fraction of sp³-hybridized carbons (Fsp3) is 0.125. The Morgan fingerprint density at radius 1 is 0.871 bits per heavy atom. The molecule has 6 nitrogen and oxygen atoms in total. The highest BCUT2D eigenvalue weighted by atomic mass is 35.5. The van der Waals surface area contributed by atoms with Crippen LogP contribution in [0.3, 0.4) is 0 Å². The van der Waals surface area contributed by atoms with Gasteiger partial charge in [0.25, 0.3) is 0 Å². The molecular formula is C24H20ClNO5. The molecule has 0 N–H and O–H groups in total. The third-order valence-corrected chi connectivity index (χ3v) is 4.99. The topological polar surface area (TPSA) is 72.9 Å². The van der Waals surface area contributed by atoms with Gasteiger partial charge in [0.2, 0.25) is 0 Å². The summed E-state index contributed by atoms with van der Waals surface area (Å²) in [5.74, 6) is -1.68. The van der Waals surface area contributed by atoms with Crippen molar-refractivity contribution >= 4 is 35.0 Å². The van der Waals surface area contributed by atoms with Gasteiger partial charge in [-0.2, -0.15) is 0 Å². The van der Waals surface area contributed by atoms with Gasteiger partial charge in [0, 0.05) is 17.3 Å². The summed E-state index contributed by atoms with van der Waals surface area (Å²) in [6.07, 6.45) is 6.22. The Bertz CT molecular complexity index is 1130. The van der Waals surface area contributed by atoms with Crippen LogP contribution in [0.5, 0.6) is 0 Å². The number of carbonyl (C=O) groups excluding carboxylic acids is 3. The second-order valence-electron chi connectivity index (χ2n) is 6.68. The first-order valence-corrected chi connectivity index (χ1v) is 9.71. The van der Waals surface area contributed by atoms with Gasteiger partial charge < -0.3 is 14.4 Å². The number of allylic oxidation sites excluding steroid dienone is 2. The zero-order valence-electron chi connectivity index (χ0n) is 17.2. The molecule has 31 heavy (non-hydrogen) atoms. The van der Waals surface area contributed by atoms with Gasteiger partial charge >= 0.3 is 11.9 Å². The van der Waals surface area contributed by atoms with E-state index in [1.807, 2.05) is 19.1 Å². The van der Waals surface area contributed by atoms with Crippen molar-refractivity contribution in [1.29, 1.82) is 0 Å². The second kappa shape index (κ2) is 9.45. The van der Waals surface area contributed by atoms with Crippen LogP contribution in [0.4, 0.5) is 5.69 Å². The molecule has 0 bridgehead atoms. The number of nitrogens with zero attached hydrogens (tertiary/aromatic N) is 1. The minimum Gasteiger partial charge on any atom is -0.465 e. The van der Waals surface area contributed by atoms with Crippen molar-refractivity contribution in [2.75, 3.05) is 19.1 Å². The van der Waals surface area contributed by atoms with Crippen LogP contribution in [-0.2, 0) is 19.1 Å². The molecule has 0 saturated heterocycles. The van der Waals surface area contributed by atoms with E-state index in [0.29, 0.717) is 16.8 Å². The number of carbonyl (C=O) groups is 3. The molecule has 0 radical (unpaired) electrons. The predicted molar refractivity (Wildman–Crippen MR) is 118 cm³/mol. The molecule has 1 aliphatic rings. The van der Waals surface area contributed by atoms with Crippen LogP contribution < -0.4 is 4.90 Å². The van der Waals surface area contributed by atoms with Gasteiger partial charge in [-0.25, -0.2) is 9.59 Å².